The van der Waals surface area contributed by atoms with Crippen molar-refractivity contribution in [2.45, 2.75) is 0 Å². The van der Waals surface area contributed by atoms with Gasteiger partial charge in [0.15, 0.2) is 17.5 Å². The van der Waals surface area contributed by atoms with E-state index in [1.165, 1.54) is 0 Å². The first-order chi connectivity index (χ1) is 29.7. The Kier molecular flexibility index (Phi) is 7.78. The Labute approximate surface area is 344 Å². The molecule has 0 amide bonds. The summed E-state index contributed by atoms with van der Waals surface area (Å²) in [6.45, 7) is 0. The first-order valence-corrected chi connectivity index (χ1v) is 20.1. The van der Waals surface area contributed by atoms with E-state index in [1.54, 1.807) is 0 Å². The van der Waals surface area contributed by atoms with Crippen LogP contribution in [0.5, 0.6) is 0 Å². The van der Waals surface area contributed by atoms with Gasteiger partial charge < -0.3 is 8.83 Å². The Morgan fingerprint density at radius 3 is 1.33 bits per heavy atom. The van der Waals surface area contributed by atoms with Crippen LogP contribution in [0.25, 0.3) is 122 Å². The summed E-state index contributed by atoms with van der Waals surface area (Å²) in [5.74, 6) is 1.76. The maximum Gasteiger partial charge on any atom is 0.164 e. The molecule has 60 heavy (non-hydrogen) atoms. The van der Waals surface area contributed by atoms with Crippen molar-refractivity contribution in [1.29, 1.82) is 0 Å². The quantitative estimate of drug-likeness (QED) is 0.169. The highest BCUT2D eigenvalue weighted by atomic mass is 16.3. The van der Waals surface area contributed by atoms with Crippen molar-refractivity contribution in [2.24, 2.45) is 0 Å². The molecule has 3 aromatic heterocycles. The third-order valence-corrected chi connectivity index (χ3v) is 11.5. The summed E-state index contributed by atoms with van der Waals surface area (Å²) in [6, 6.07) is 69.4. The summed E-state index contributed by atoms with van der Waals surface area (Å²) in [5, 5.41) is 6.44. The average molecular weight is 768 g/mol. The summed E-state index contributed by atoms with van der Waals surface area (Å²) >= 11 is 0. The van der Waals surface area contributed by atoms with E-state index in [-0.39, 0.29) is 0 Å². The Morgan fingerprint density at radius 2 is 0.717 bits per heavy atom. The molecule has 3 heterocycles. The van der Waals surface area contributed by atoms with E-state index in [9.17, 15) is 0 Å². The van der Waals surface area contributed by atoms with Gasteiger partial charge in [-0.15, -0.1) is 0 Å². The molecular weight excluding hydrogens is 735 g/mol. The van der Waals surface area contributed by atoms with Crippen LogP contribution >= 0.6 is 0 Å². The number of hydrogen-bond donors (Lipinski definition) is 0. The van der Waals surface area contributed by atoms with Crippen molar-refractivity contribution in [3.05, 3.63) is 200 Å². The van der Waals surface area contributed by atoms with Crippen LogP contribution in [0.4, 0.5) is 0 Å². The van der Waals surface area contributed by atoms with Crippen molar-refractivity contribution in [2.75, 3.05) is 0 Å². The van der Waals surface area contributed by atoms with Crippen LogP contribution in [-0.4, -0.2) is 15.0 Å². The standard InChI is InChI=1S/C55H33N3O2/c1-3-13-34(14-4-1)40-31-41(35-15-5-2-6-16-35)33-42(32-40)54-56-53(57-55(58-54)46-20-12-24-50-52(46)45-18-8-10-22-48(45)60-50)39-28-26-36-29-38(27-25-37(36)30-39)43-19-11-23-49-51(43)44-17-7-9-21-47(44)59-49/h1-33H. The molecule has 5 nitrogen and oxygen atoms in total. The number of fused-ring (bicyclic) bond motifs is 7. The predicted octanol–water partition coefficient (Wildman–Crippen LogP) is 14.8. The Hall–Kier alpha value is -8.15. The zero-order valence-electron chi connectivity index (χ0n) is 32.2. The van der Waals surface area contributed by atoms with Crippen LogP contribution in [0, 0.1) is 0 Å². The van der Waals surface area contributed by atoms with Crippen molar-refractivity contribution >= 4 is 54.6 Å². The smallest absolute Gasteiger partial charge is 0.164 e. The molecule has 0 atom stereocenters. The van der Waals surface area contributed by atoms with Crippen molar-refractivity contribution in [1.82, 2.24) is 15.0 Å². The lowest BCUT2D eigenvalue weighted by molar-refractivity contribution is 0.668. The lowest BCUT2D eigenvalue weighted by Gasteiger charge is -2.13. The van der Waals surface area contributed by atoms with Gasteiger partial charge >= 0.3 is 0 Å². The summed E-state index contributed by atoms with van der Waals surface area (Å²) < 4.78 is 12.6. The fourth-order valence-corrected chi connectivity index (χ4v) is 8.63. The summed E-state index contributed by atoms with van der Waals surface area (Å²) in [5.41, 5.74) is 12.7. The average Bonchev–Trinajstić information content (AvgIpc) is 3.90. The third-order valence-electron chi connectivity index (χ3n) is 11.5. The number of hydrogen-bond acceptors (Lipinski definition) is 5. The van der Waals surface area contributed by atoms with Gasteiger partial charge in [0.2, 0.25) is 0 Å². The van der Waals surface area contributed by atoms with Gasteiger partial charge in [0, 0.05) is 38.2 Å². The van der Waals surface area contributed by atoms with Gasteiger partial charge in [-0.25, -0.2) is 15.0 Å². The van der Waals surface area contributed by atoms with E-state index >= 15 is 0 Å². The first-order valence-electron chi connectivity index (χ1n) is 20.1. The van der Waals surface area contributed by atoms with Crippen molar-refractivity contribution in [3.8, 4) is 67.5 Å². The first kappa shape index (κ1) is 33.9. The van der Waals surface area contributed by atoms with E-state index in [2.05, 4.69) is 140 Å². The van der Waals surface area contributed by atoms with E-state index in [0.717, 1.165) is 105 Å². The molecule has 5 heteroatoms. The second-order valence-electron chi connectivity index (χ2n) is 15.2. The molecule has 0 radical (unpaired) electrons. The van der Waals surface area contributed by atoms with Crippen LogP contribution in [0.2, 0.25) is 0 Å². The van der Waals surface area contributed by atoms with E-state index in [4.69, 9.17) is 23.8 Å². The fourth-order valence-electron chi connectivity index (χ4n) is 8.63. The van der Waals surface area contributed by atoms with Gasteiger partial charge in [0.05, 0.1) is 0 Å². The second kappa shape index (κ2) is 13.8. The zero-order valence-corrected chi connectivity index (χ0v) is 32.2. The number of aromatic nitrogens is 3. The highest BCUT2D eigenvalue weighted by Gasteiger charge is 2.19. The Balaban J connectivity index is 1.05. The second-order valence-corrected chi connectivity index (χ2v) is 15.2. The number of para-hydroxylation sites is 2. The van der Waals surface area contributed by atoms with E-state index < -0.39 is 0 Å². The molecule has 0 N–H and O–H groups in total. The summed E-state index contributed by atoms with van der Waals surface area (Å²) in [7, 11) is 0. The molecule has 0 aliphatic rings. The topological polar surface area (TPSA) is 65.0 Å². The highest BCUT2D eigenvalue weighted by molar-refractivity contribution is 6.13. The van der Waals surface area contributed by atoms with Gasteiger partial charge in [0.25, 0.3) is 0 Å². The number of nitrogens with zero attached hydrogens (tertiary/aromatic N) is 3. The SMILES string of the molecule is c1ccc(-c2cc(-c3ccccc3)cc(-c3nc(-c4ccc5cc(-c6cccc7oc8ccccc8c67)ccc5c4)nc(-c4cccc5oc6ccccc6c45)n3)c2)cc1. The van der Waals surface area contributed by atoms with Crippen molar-refractivity contribution < 1.29 is 8.83 Å². The largest absolute Gasteiger partial charge is 0.456 e. The van der Waals surface area contributed by atoms with Gasteiger partial charge in [0.1, 0.15) is 22.3 Å². The van der Waals surface area contributed by atoms with Crippen LogP contribution in [0.15, 0.2) is 209 Å². The fraction of sp³-hybridized carbons (Fsp3) is 0. The lowest BCUT2D eigenvalue weighted by Crippen LogP contribution is -2.01. The van der Waals surface area contributed by atoms with Gasteiger partial charge in [-0.3, -0.25) is 0 Å². The van der Waals surface area contributed by atoms with Crippen LogP contribution in [0.3, 0.4) is 0 Å². The summed E-state index contributed by atoms with van der Waals surface area (Å²) in [4.78, 5) is 15.8. The molecule has 0 saturated carbocycles. The highest BCUT2D eigenvalue weighted by Crippen LogP contribution is 2.40. The molecule has 0 aliphatic carbocycles. The van der Waals surface area contributed by atoms with E-state index in [1.807, 2.05) is 60.7 Å². The summed E-state index contributed by atoms with van der Waals surface area (Å²) in [6.07, 6.45) is 0. The molecule has 0 aliphatic heterocycles. The minimum atomic E-state index is 0.578. The third kappa shape index (κ3) is 5.75. The predicted molar refractivity (Wildman–Crippen MR) is 245 cm³/mol. The van der Waals surface area contributed by atoms with Crippen LogP contribution in [-0.2, 0) is 0 Å². The normalized spacial score (nSPS) is 11.7. The van der Waals surface area contributed by atoms with Crippen LogP contribution < -0.4 is 0 Å². The van der Waals surface area contributed by atoms with Crippen LogP contribution in [0.1, 0.15) is 0 Å². The van der Waals surface area contributed by atoms with Crippen molar-refractivity contribution in [3.63, 3.8) is 0 Å². The van der Waals surface area contributed by atoms with Gasteiger partial charge in [-0.1, -0.05) is 146 Å². The number of benzene rings is 9. The molecule has 280 valence electrons. The zero-order chi connectivity index (χ0) is 39.6. The monoisotopic (exact) mass is 767 g/mol. The molecule has 0 bridgehead atoms. The Morgan fingerprint density at radius 1 is 0.267 bits per heavy atom. The molecule has 12 aromatic rings. The minimum Gasteiger partial charge on any atom is -0.456 e. The van der Waals surface area contributed by atoms with Gasteiger partial charge in [-0.05, 0) is 98.8 Å². The Bertz CT molecular complexity index is 3550. The number of furan rings is 2. The van der Waals surface area contributed by atoms with Gasteiger partial charge in [-0.2, -0.15) is 0 Å². The molecule has 12 rings (SSSR count). The minimum absolute atomic E-state index is 0.578. The maximum absolute atomic E-state index is 6.33. The molecule has 0 fully saturated rings. The van der Waals surface area contributed by atoms with E-state index in [0.29, 0.717) is 17.5 Å². The molecular formula is C55H33N3O2. The number of rotatable bonds is 6. The molecule has 9 aromatic carbocycles. The molecule has 0 saturated heterocycles. The lowest BCUT2D eigenvalue weighted by atomic mass is 9.95. The molecule has 0 unspecified atom stereocenters. The maximum atomic E-state index is 6.33. The molecule has 0 spiro atoms.